The lowest BCUT2D eigenvalue weighted by Gasteiger charge is -2.42. The second-order valence-corrected chi connectivity index (χ2v) is 5.12. The van der Waals surface area contributed by atoms with Gasteiger partial charge < -0.3 is 50.0 Å². The number of carbonyl (C=O) groups is 1. The van der Waals surface area contributed by atoms with Gasteiger partial charge in [-0.15, -0.1) is 0 Å². The second kappa shape index (κ2) is 6.70. The van der Waals surface area contributed by atoms with Gasteiger partial charge in [0.05, 0.1) is 6.61 Å². The normalized spacial score (nSPS) is 49.8. The molecule has 0 aromatic rings. The van der Waals surface area contributed by atoms with E-state index in [1.807, 2.05) is 0 Å². The maximum atomic E-state index is 10.9. The Morgan fingerprint density at radius 3 is 2.18 bits per heavy atom. The van der Waals surface area contributed by atoms with Gasteiger partial charge in [0, 0.05) is 0 Å². The SMILES string of the molecule is O=C(O)[C@H]1O[C@H](O[C@@H]2[C@@H](O)[C@H](O)CO[C@@H]2O)[C@H](O)[C@@H](O)[C@@H]1O. The molecule has 2 aliphatic rings. The smallest absolute Gasteiger partial charge is 0.335 e. The predicted octanol–water partition coefficient (Wildman–Crippen LogP) is -4.67. The van der Waals surface area contributed by atoms with Gasteiger partial charge in [0.15, 0.2) is 18.7 Å². The fourth-order valence-electron chi connectivity index (χ4n) is 2.25. The van der Waals surface area contributed by atoms with Gasteiger partial charge in [-0.05, 0) is 0 Å². The molecule has 9 atom stereocenters. The molecule has 2 aliphatic heterocycles. The predicted molar refractivity (Wildman–Crippen MR) is 63.2 cm³/mol. The summed E-state index contributed by atoms with van der Waals surface area (Å²) < 4.78 is 14.6. The zero-order valence-corrected chi connectivity index (χ0v) is 11.2. The van der Waals surface area contributed by atoms with Crippen LogP contribution in [0.4, 0.5) is 0 Å². The van der Waals surface area contributed by atoms with Crippen LogP contribution in [0.15, 0.2) is 0 Å². The largest absolute Gasteiger partial charge is 0.479 e. The minimum absolute atomic E-state index is 0.352. The van der Waals surface area contributed by atoms with E-state index in [1.54, 1.807) is 0 Å². The van der Waals surface area contributed by atoms with Crippen molar-refractivity contribution in [2.75, 3.05) is 6.61 Å². The van der Waals surface area contributed by atoms with Crippen LogP contribution in [0.3, 0.4) is 0 Å². The lowest BCUT2D eigenvalue weighted by molar-refractivity contribution is -0.347. The van der Waals surface area contributed by atoms with Crippen LogP contribution in [0, 0.1) is 0 Å². The molecule has 0 unspecified atom stereocenters. The van der Waals surface area contributed by atoms with Gasteiger partial charge in [-0.2, -0.15) is 0 Å². The Morgan fingerprint density at radius 1 is 0.955 bits per heavy atom. The number of aliphatic carboxylic acids is 1. The van der Waals surface area contributed by atoms with Crippen molar-refractivity contribution >= 4 is 5.97 Å². The van der Waals surface area contributed by atoms with E-state index < -0.39 is 61.3 Å². The minimum Gasteiger partial charge on any atom is -0.479 e. The maximum absolute atomic E-state index is 10.9. The quantitative estimate of drug-likeness (QED) is 0.264. The summed E-state index contributed by atoms with van der Waals surface area (Å²) in [5.74, 6) is -1.60. The fraction of sp³-hybridized carbons (Fsp3) is 0.909. The van der Waals surface area contributed by atoms with Crippen molar-refractivity contribution in [2.45, 2.75) is 55.3 Å². The third-order valence-corrected chi connectivity index (χ3v) is 3.55. The third kappa shape index (κ3) is 3.22. The standard InChI is InChI=1S/C11H18O11/c12-2-1-20-10(19)8(3(2)13)22-11-6(16)4(14)5(15)7(21-11)9(17)18/h2-8,10-16,19H,1H2,(H,17,18)/t2-,3+,4+,5+,6-,7+,8-,10+,11-/m1/s1. The third-order valence-electron chi connectivity index (χ3n) is 3.55. The van der Waals surface area contributed by atoms with Crippen molar-refractivity contribution in [2.24, 2.45) is 0 Å². The Hall–Kier alpha value is -0.890. The summed E-state index contributed by atoms with van der Waals surface area (Å²) >= 11 is 0. The zero-order chi connectivity index (χ0) is 16.6. The minimum atomic E-state index is -1.89. The number of ether oxygens (including phenoxy) is 3. The number of carboxylic acid groups (broad SMARTS) is 1. The first kappa shape index (κ1) is 17.5. The van der Waals surface area contributed by atoms with Crippen molar-refractivity contribution in [3.63, 3.8) is 0 Å². The number of carboxylic acids is 1. The Kier molecular flexibility index (Phi) is 5.32. The van der Waals surface area contributed by atoms with Gasteiger partial charge in [0.25, 0.3) is 0 Å². The molecule has 11 nitrogen and oxygen atoms in total. The molecule has 7 N–H and O–H groups in total. The molecule has 128 valence electrons. The number of rotatable bonds is 3. The Balaban J connectivity index is 2.11. The van der Waals surface area contributed by atoms with E-state index in [4.69, 9.17) is 19.3 Å². The highest BCUT2D eigenvalue weighted by molar-refractivity contribution is 5.73. The van der Waals surface area contributed by atoms with E-state index in [9.17, 15) is 35.4 Å². The highest BCUT2D eigenvalue weighted by Crippen LogP contribution is 2.26. The van der Waals surface area contributed by atoms with Crippen LogP contribution in [0.25, 0.3) is 0 Å². The van der Waals surface area contributed by atoms with Crippen LogP contribution >= 0.6 is 0 Å². The van der Waals surface area contributed by atoms with Crippen molar-refractivity contribution in [3.8, 4) is 0 Å². The molecule has 0 aliphatic carbocycles. The number of hydrogen-bond acceptors (Lipinski definition) is 10. The summed E-state index contributed by atoms with van der Waals surface area (Å²) in [7, 11) is 0. The first-order chi connectivity index (χ1) is 10.2. The Bertz CT molecular complexity index is 403. The number of hydrogen-bond donors (Lipinski definition) is 7. The van der Waals surface area contributed by atoms with E-state index in [2.05, 4.69) is 0 Å². The number of aliphatic hydroxyl groups is 6. The van der Waals surface area contributed by atoms with Crippen LogP contribution in [-0.2, 0) is 19.0 Å². The molecular formula is C11H18O11. The zero-order valence-electron chi connectivity index (χ0n) is 11.2. The van der Waals surface area contributed by atoms with Crippen molar-refractivity contribution in [1.29, 1.82) is 0 Å². The maximum Gasteiger partial charge on any atom is 0.335 e. The van der Waals surface area contributed by atoms with E-state index in [-0.39, 0.29) is 6.61 Å². The molecule has 2 saturated heterocycles. The Labute approximate surface area is 123 Å². The van der Waals surface area contributed by atoms with E-state index >= 15 is 0 Å². The highest BCUT2D eigenvalue weighted by Gasteiger charge is 2.50. The molecule has 2 fully saturated rings. The molecule has 2 rings (SSSR count). The summed E-state index contributed by atoms with van der Waals surface area (Å²) in [5, 5.41) is 66.5. The van der Waals surface area contributed by atoms with Gasteiger partial charge in [0.1, 0.15) is 36.6 Å². The molecule has 2 heterocycles. The van der Waals surface area contributed by atoms with Crippen LogP contribution < -0.4 is 0 Å². The van der Waals surface area contributed by atoms with E-state index in [0.29, 0.717) is 0 Å². The average Bonchev–Trinajstić information content (AvgIpc) is 2.47. The molecule has 11 heteroatoms. The first-order valence-corrected chi connectivity index (χ1v) is 6.47. The van der Waals surface area contributed by atoms with Gasteiger partial charge in [-0.25, -0.2) is 4.79 Å². The van der Waals surface area contributed by atoms with Gasteiger partial charge in [0.2, 0.25) is 0 Å². The van der Waals surface area contributed by atoms with Crippen LogP contribution in [-0.4, -0.2) is 104 Å². The van der Waals surface area contributed by atoms with E-state index in [0.717, 1.165) is 0 Å². The average molecular weight is 326 g/mol. The van der Waals surface area contributed by atoms with Gasteiger partial charge >= 0.3 is 5.97 Å². The van der Waals surface area contributed by atoms with Crippen molar-refractivity contribution in [3.05, 3.63) is 0 Å². The summed E-state index contributed by atoms with van der Waals surface area (Å²) in [6, 6.07) is 0. The Morgan fingerprint density at radius 2 is 1.59 bits per heavy atom. The molecule has 0 saturated carbocycles. The van der Waals surface area contributed by atoms with Crippen molar-refractivity contribution < 1.29 is 54.8 Å². The van der Waals surface area contributed by atoms with Crippen LogP contribution in [0.1, 0.15) is 0 Å². The molecular weight excluding hydrogens is 308 g/mol. The van der Waals surface area contributed by atoms with Crippen LogP contribution in [0.5, 0.6) is 0 Å². The lowest BCUT2D eigenvalue weighted by Crippen LogP contribution is -2.63. The highest BCUT2D eigenvalue weighted by atomic mass is 16.7. The summed E-state index contributed by atoms with van der Waals surface area (Å²) in [6.45, 7) is -0.352. The van der Waals surface area contributed by atoms with Crippen molar-refractivity contribution in [1.82, 2.24) is 0 Å². The summed E-state index contributed by atoms with van der Waals surface area (Å²) in [6.07, 6.45) is -15.5. The topological polar surface area (TPSA) is 186 Å². The van der Waals surface area contributed by atoms with Crippen LogP contribution in [0.2, 0.25) is 0 Å². The molecule has 0 radical (unpaired) electrons. The fourth-order valence-corrected chi connectivity index (χ4v) is 2.25. The molecule has 22 heavy (non-hydrogen) atoms. The lowest BCUT2D eigenvalue weighted by atomic mass is 9.98. The molecule has 0 spiro atoms. The van der Waals surface area contributed by atoms with Gasteiger partial charge in [-0.3, -0.25) is 0 Å². The number of aliphatic hydroxyl groups excluding tert-OH is 6. The second-order valence-electron chi connectivity index (χ2n) is 5.12. The van der Waals surface area contributed by atoms with Gasteiger partial charge in [-0.1, -0.05) is 0 Å². The van der Waals surface area contributed by atoms with E-state index in [1.165, 1.54) is 0 Å². The molecule has 0 aromatic heterocycles. The monoisotopic (exact) mass is 326 g/mol. The summed E-state index contributed by atoms with van der Waals surface area (Å²) in [5.41, 5.74) is 0. The molecule has 0 amide bonds. The molecule has 0 bridgehead atoms. The molecule has 0 aromatic carbocycles. The first-order valence-electron chi connectivity index (χ1n) is 6.47. The summed E-state index contributed by atoms with van der Waals surface area (Å²) in [4.78, 5) is 10.9.